The minimum Gasteiger partial charge on any atom is -0.120 e. The minimum absolute atomic E-state index is 0.466. The maximum absolute atomic E-state index is 5.41. The van der Waals surface area contributed by atoms with Crippen molar-refractivity contribution in [3.05, 3.63) is 12.2 Å². The molecule has 0 aliphatic rings. The standard InChI is InChI=1S/C12H20/c1-4-7-9-11-12(6-3)10-8-5-2/h3,5,8,12H,4,7,9-11H2,1-2H3/b8-5-/t12-/m0/s1. The summed E-state index contributed by atoms with van der Waals surface area (Å²) in [4.78, 5) is 0. The number of unbranched alkanes of at least 4 members (excludes halogenated alkanes) is 2. The van der Waals surface area contributed by atoms with Crippen LogP contribution in [-0.2, 0) is 0 Å². The molecule has 0 spiro atoms. The van der Waals surface area contributed by atoms with Gasteiger partial charge in [-0.05, 0) is 19.8 Å². The molecule has 0 amide bonds. The van der Waals surface area contributed by atoms with Crippen LogP contribution in [0, 0.1) is 18.3 Å². The second-order valence-electron chi connectivity index (χ2n) is 3.16. The zero-order valence-electron chi connectivity index (χ0n) is 8.34. The summed E-state index contributed by atoms with van der Waals surface area (Å²) in [6.45, 7) is 4.26. The van der Waals surface area contributed by atoms with Gasteiger partial charge in [-0.25, -0.2) is 0 Å². The van der Waals surface area contributed by atoms with Crippen molar-refractivity contribution in [2.45, 2.75) is 46.0 Å². The summed E-state index contributed by atoms with van der Waals surface area (Å²) in [5.41, 5.74) is 0. The monoisotopic (exact) mass is 164 g/mol. The molecule has 0 saturated heterocycles. The molecule has 0 saturated carbocycles. The van der Waals surface area contributed by atoms with Gasteiger partial charge in [-0.2, -0.15) is 0 Å². The molecular weight excluding hydrogens is 144 g/mol. The molecule has 0 rings (SSSR count). The van der Waals surface area contributed by atoms with Crippen LogP contribution in [0.1, 0.15) is 46.0 Å². The van der Waals surface area contributed by atoms with Gasteiger partial charge < -0.3 is 0 Å². The highest BCUT2D eigenvalue weighted by Gasteiger charge is 2.00. The van der Waals surface area contributed by atoms with E-state index in [0.717, 1.165) is 6.42 Å². The van der Waals surface area contributed by atoms with E-state index in [1.54, 1.807) is 0 Å². The van der Waals surface area contributed by atoms with Gasteiger partial charge in [-0.1, -0.05) is 38.3 Å². The molecule has 0 fully saturated rings. The molecule has 0 nitrogen and oxygen atoms in total. The number of terminal acetylenes is 1. The van der Waals surface area contributed by atoms with E-state index in [1.807, 2.05) is 6.92 Å². The summed E-state index contributed by atoms with van der Waals surface area (Å²) in [6.07, 6.45) is 15.8. The predicted octanol–water partition coefficient (Wildman–Crippen LogP) is 3.78. The average Bonchev–Trinajstić information content (AvgIpc) is 2.11. The van der Waals surface area contributed by atoms with Gasteiger partial charge in [-0.15, -0.1) is 12.3 Å². The molecule has 0 unspecified atom stereocenters. The van der Waals surface area contributed by atoms with E-state index in [-0.39, 0.29) is 0 Å². The summed E-state index contributed by atoms with van der Waals surface area (Å²) in [6, 6.07) is 0. The Labute approximate surface area is 77.1 Å². The molecule has 0 radical (unpaired) electrons. The Morgan fingerprint density at radius 3 is 2.67 bits per heavy atom. The van der Waals surface area contributed by atoms with Gasteiger partial charge in [0.2, 0.25) is 0 Å². The first-order valence-corrected chi connectivity index (χ1v) is 4.92. The Kier molecular flexibility index (Phi) is 7.91. The normalized spacial score (nSPS) is 13.1. The Hall–Kier alpha value is -0.700. The van der Waals surface area contributed by atoms with Gasteiger partial charge in [0.15, 0.2) is 0 Å². The maximum atomic E-state index is 5.41. The lowest BCUT2D eigenvalue weighted by Crippen LogP contribution is -1.94. The summed E-state index contributed by atoms with van der Waals surface area (Å²) in [7, 11) is 0. The summed E-state index contributed by atoms with van der Waals surface area (Å²) < 4.78 is 0. The third-order valence-corrected chi connectivity index (χ3v) is 2.05. The lowest BCUT2D eigenvalue weighted by molar-refractivity contribution is 0.559. The number of allylic oxidation sites excluding steroid dienone is 2. The molecule has 0 N–H and O–H groups in total. The van der Waals surface area contributed by atoms with E-state index in [0.29, 0.717) is 5.92 Å². The SMILES string of the molecule is C#C[C@@H](C/C=C\C)CCCCC. The largest absolute Gasteiger partial charge is 0.120 e. The molecule has 0 heterocycles. The quantitative estimate of drug-likeness (QED) is 0.318. The fraction of sp³-hybridized carbons (Fsp3) is 0.667. The molecule has 12 heavy (non-hydrogen) atoms. The van der Waals surface area contributed by atoms with Crippen LogP contribution in [0.4, 0.5) is 0 Å². The van der Waals surface area contributed by atoms with Gasteiger partial charge in [0.25, 0.3) is 0 Å². The van der Waals surface area contributed by atoms with Crippen molar-refractivity contribution in [3.63, 3.8) is 0 Å². The van der Waals surface area contributed by atoms with Crippen molar-refractivity contribution in [2.24, 2.45) is 5.92 Å². The van der Waals surface area contributed by atoms with Crippen LogP contribution >= 0.6 is 0 Å². The summed E-state index contributed by atoms with van der Waals surface area (Å²) >= 11 is 0. The predicted molar refractivity (Wildman–Crippen MR) is 55.9 cm³/mol. The molecule has 0 aliphatic heterocycles. The molecule has 68 valence electrons. The third kappa shape index (κ3) is 6.04. The average molecular weight is 164 g/mol. The van der Waals surface area contributed by atoms with E-state index in [1.165, 1.54) is 25.7 Å². The van der Waals surface area contributed by atoms with Gasteiger partial charge in [-0.3, -0.25) is 0 Å². The van der Waals surface area contributed by atoms with Crippen molar-refractivity contribution < 1.29 is 0 Å². The Morgan fingerprint density at radius 2 is 2.17 bits per heavy atom. The minimum atomic E-state index is 0.466. The van der Waals surface area contributed by atoms with Gasteiger partial charge in [0, 0.05) is 5.92 Å². The highest BCUT2D eigenvalue weighted by molar-refractivity contribution is 4.97. The van der Waals surface area contributed by atoms with Crippen molar-refractivity contribution in [1.82, 2.24) is 0 Å². The first-order valence-electron chi connectivity index (χ1n) is 4.92. The first-order chi connectivity index (χ1) is 5.85. The van der Waals surface area contributed by atoms with E-state index in [4.69, 9.17) is 6.42 Å². The van der Waals surface area contributed by atoms with E-state index < -0.39 is 0 Å². The molecule has 0 heteroatoms. The van der Waals surface area contributed by atoms with Gasteiger partial charge in [0.1, 0.15) is 0 Å². The second kappa shape index (κ2) is 8.40. The first kappa shape index (κ1) is 11.3. The molecule has 0 aromatic rings. The van der Waals surface area contributed by atoms with Crippen molar-refractivity contribution in [1.29, 1.82) is 0 Å². The van der Waals surface area contributed by atoms with Crippen molar-refractivity contribution >= 4 is 0 Å². The third-order valence-electron chi connectivity index (χ3n) is 2.05. The van der Waals surface area contributed by atoms with Gasteiger partial charge >= 0.3 is 0 Å². The Morgan fingerprint density at radius 1 is 1.42 bits per heavy atom. The molecule has 1 atom stereocenters. The Balaban J connectivity index is 3.48. The molecular formula is C12H20. The molecule has 0 aromatic heterocycles. The van der Waals surface area contributed by atoms with Crippen molar-refractivity contribution in [3.8, 4) is 12.3 Å². The smallest absolute Gasteiger partial charge is 0.0234 e. The number of hydrogen-bond acceptors (Lipinski definition) is 0. The second-order valence-corrected chi connectivity index (χ2v) is 3.16. The van der Waals surface area contributed by atoms with Gasteiger partial charge in [0.05, 0.1) is 0 Å². The summed E-state index contributed by atoms with van der Waals surface area (Å²) in [5, 5.41) is 0. The lowest BCUT2D eigenvalue weighted by atomic mass is 9.99. The van der Waals surface area contributed by atoms with Crippen LogP contribution < -0.4 is 0 Å². The van der Waals surface area contributed by atoms with Crippen LogP contribution in [0.5, 0.6) is 0 Å². The fourth-order valence-electron chi connectivity index (χ4n) is 1.21. The lowest BCUT2D eigenvalue weighted by Gasteiger charge is -2.06. The van der Waals surface area contributed by atoms with Crippen molar-refractivity contribution in [2.75, 3.05) is 0 Å². The molecule has 0 aromatic carbocycles. The topological polar surface area (TPSA) is 0 Å². The summed E-state index contributed by atoms with van der Waals surface area (Å²) in [5.74, 6) is 3.31. The van der Waals surface area contributed by atoms with Crippen LogP contribution in [0.25, 0.3) is 0 Å². The number of hydrogen-bond donors (Lipinski definition) is 0. The fourth-order valence-corrected chi connectivity index (χ4v) is 1.21. The van der Waals surface area contributed by atoms with Crippen LogP contribution in [-0.4, -0.2) is 0 Å². The molecule has 0 bridgehead atoms. The maximum Gasteiger partial charge on any atom is 0.0234 e. The Bertz CT molecular complexity index is 148. The molecule has 0 aliphatic carbocycles. The zero-order valence-corrected chi connectivity index (χ0v) is 8.34. The van der Waals surface area contributed by atoms with E-state index in [9.17, 15) is 0 Å². The number of rotatable bonds is 6. The highest BCUT2D eigenvalue weighted by atomic mass is 14.0. The van der Waals surface area contributed by atoms with Crippen LogP contribution in [0.3, 0.4) is 0 Å². The van der Waals surface area contributed by atoms with Crippen LogP contribution in [0.2, 0.25) is 0 Å². The highest BCUT2D eigenvalue weighted by Crippen LogP contribution is 2.13. The van der Waals surface area contributed by atoms with E-state index in [2.05, 4.69) is 25.0 Å². The van der Waals surface area contributed by atoms with Crippen LogP contribution in [0.15, 0.2) is 12.2 Å². The van der Waals surface area contributed by atoms with E-state index >= 15 is 0 Å². The zero-order chi connectivity index (χ0) is 9.23.